The van der Waals surface area contributed by atoms with Gasteiger partial charge in [0, 0.05) is 12.0 Å². The van der Waals surface area contributed by atoms with E-state index in [1.807, 2.05) is 0 Å². The van der Waals surface area contributed by atoms with Gasteiger partial charge >= 0.3 is 5.97 Å². The molecule has 1 unspecified atom stereocenters. The first-order valence-corrected chi connectivity index (χ1v) is 6.52. The lowest BCUT2D eigenvalue weighted by atomic mass is 10.0. The molecule has 3 aromatic rings. The van der Waals surface area contributed by atoms with Gasteiger partial charge in [-0.1, -0.05) is 12.1 Å². The number of carboxylic acids is 1. The van der Waals surface area contributed by atoms with Gasteiger partial charge in [-0.25, -0.2) is 4.79 Å². The van der Waals surface area contributed by atoms with Crippen molar-refractivity contribution in [1.82, 2.24) is 0 Å². The van der Waals surface area contributed by atoms with Gasteiger partial charge in [-0.15, -0.1) is 0 Å². The first kappa shape index (κ1) is 12.0. The van der Waals surface area contributed by atoms with Crippen LogP contribution in [0, 0.1) is 0 Å². The number of aliphatic carboxylic acids is 1. The Morgan fingerprint density at radius 2 is 1.95 bits per heavy atom. The van der Waals surface area contributed by atoms with Crippen molar-refractivity contribution in [3.05, 3.63) is 52.2 Å². The third-order valence-corrected chi connectivity index (χ3v) is 3.74. The van der Waals surface area contributed by atoms with Crippen LogP contribution in [-0.2, 0) is 11.2 Å². The van der Waals surface area contributed by atoms with Crippen molar-refractivity contribution in [2.24, 2.45) is 0 Å². The summed E-state index contributed by atoms with van der Waals surface area (Å²) in [7, 11) is 0. The molecule has 104 valence electrons. The lowest BCUT2D eigenvalue weighted by molar-refractivity contribution is -0.144. The minimum Gasteiger partial charge on any atom is -0.478 e. The molecule has 0 bridgehead atoms. The van der Waals surface area contributed by atoms with Gasteiger partial charge in [0.05, 0.1) is 10.8 Å². The van der Waals surface area contributed by atoms with E-state index in [-0.39, 0.29) is 11.8 Å². The lowest BCUT2D eigenvalue weighted by Gasteiger charge is -2.05. The van der Waals surface area contributed by atoms with E-state index >= 15 is 0 Å². The van der Waals surface area contributed by atoms with E-state index < -0.39 is 12.1 Å². The summed E-state index contributed by atoms with van der Waals surface area (Å²) in [4.78, 5) is 23.6. The molecule has 21 heavy (non-hydrogen) atoms. The van der Waals surface area contributed by atoms with Crippen molar-refractivity contribution in [2.75, 3.05) is 0 Å². The molecule has 1 N–H and O–H groups in total. The van der Waals surface area contributed by atoms with Crippen LogP contribution in [-0.4, -0.2) is 17.2 Å². The van der Waals surface area contributed by atoms with E-state index in [0.717, 1.165) is 0 Å². The third kappa shape index (κ3) is 1.64. The van der Waals surface area contributed by atoms with E-state index in [1.54, 1.807) is 36.4 Å². The Kier molecular flexibility index (Phi) is 2.33. The summed E-state index contributed by atoms with van der Waals surface area (Å²) >= 11 is 0. The fourth-order valence-corrected chi connectivity index (χ4v) is 2.73. The van der Waals surface area contributed by atoms with Crippen LogP contribution in [0.3, 0.4) is 0 Å². The first-order valence-electron chi connectivity index (χ1n) is 6.52. The topological polar surface area (TPSA) is 76.7 Å². The molecule has 4 rings (SSSR count). The number of rotatable bonds is 1. The average molecular weight is 282 g/mol. The standard InChI is InChI=1S/C16H10O5/c17-14-8-3-1-2-4-11(8)21-15-9(14)5-6-12-10(15)7-13(20-12)16(18)19/h1-6,13H,7H2,(H,18,19). The first-order chi connectivity index (χ1) is 10.1. The smallest absolute Gasteiger partial charge is 0.345 e. The number of carboxylic acid groups (broad SMARTS) is 1. The van der Waals surface area contributed by atoms with Gasteiger partial charge in [0.15, 0.2) is 6.10 Å². The number of para-hydroxylation sites is 1. The maximum absolute atomic E-state index is 12.5. The Labute approximate surface area is 118 Å². The zero-order valence-corrected chi connectivity index (χ0v) is 10.8. The van der Waals surface area contributed by atoms with Crippen LogP contribution >= 0.6 is 0 Å². The number of carbonyl (C=O) groups is 1. The quantitative estimate of drug-likeness (QED) is 0.693. The van der Waals surface area contributed by atoms with Crippen molar-refractivity contribution in [1.29, 1.82) is 0 Å². The van der Waals surface area contributed by atoms with Gasteiger partial charge in [0.1, 0.15) is 16.9 Å². The Bertz CT molecular complexity index is 954. The van der Waals surface area contributed by atoms with Gasteiger partial charge in [0.2, 0.25) is 5.43 Å². The normalized spacial score (nSPS) is 16.9. The van der Waals surface area contributed by atoms with Gasteiger partial charge in [-0.3, -0.25) is 4.79 Å². The average Bonchev–Trinajstić information content (AvgIpc) is 2.92. The third-order valence-electron chi connectivity index (χ3n) is 3.74. The van der Waals surface area contributed by atoms with Gasteiger partial charge in [-0.05, 0) is 24.3 Å². The minimum absolute atomic E-state index is 0.117. The lowest BCUT2D eigenvalue weighted by Crippen LogP contribution is -2.24. The highest BCUT2D eigenvalue weighted by Gasteiger charge is 2.31. The zero-order valence-electron chi connectivity index (χ0n) is 10.8. The number of hydrogen-bond acceptors (Lipinski definition) is 4. The van der Waals surface area contributed by atoms with Crippen molar-refractivity contribution in [3.8, 4) is 5.75 Å². The summed E-state index contributed by atoms with van der Waals surface area (Å²) in [5.74, 6) is -0.559. The Balaban J connectivity index is 2.06. The van der Waals surface area contributed by atoms with Crippen LogP contribution in [0.4, 0.5) is 0 Å². The van der Waals surface area contributed by atoms with E-state index in [0.29, 0.717) is 33.3 Å². The molecule has 0 amide bonds. The summed E-state index contributed by atoms with van der Waals surface area (Å²) in [6.07, 6.45) is -0.731. The van der Waals surface area contributed by atoms with Gasteiger partial charge in [-0.2, -0.15) is 0 Å². The number of benzene rings is 2. The van der Waals surface area contributed by atoms with Crippen LogP contribution in [0.25, 0.3) is 21.9 Å². The molecule has 1 aromatic heterocycles. The highest BCUT2D eigenvalue weighted by Crippen LogP contribution is 2.35. The number of hydrogen-bond donors (Lipinski definition) is 1. The van der Waals surface area contributed by atoms with Gasteiger partial charge < -0.3 is 14.3 Å². The van der Waals surface area contributed by atoms with Crippen molar-refractivity contribution < 1.29 is 19.1 Å². The molecule has 1 atom stereocenters. The molecule has 0 fully saturated rings. The monoisotopic (exact) mass is 282 g/mol. The van der Waals surface area contributed by atoms with Crippen LogP contribution in [0.1, 0.15) is 5.56 Å². The summed E-state index contributed by atoms with van der Waals surface area (Å²) in [5.41, 5.74) is 1.43. The molecule has 2 aromatic carbocycles. The minimum atomic E-state index is -1.03. The van der Waals surface area contributed by atoms with Crippen LogP contribution < -0.4 is 10.2 Å². The van der Waals surface area contributed by atoms with E-state index in [2.05, 4.69) is 0 Å². The fourth-order valence-electron chi connectivity index (χ4n) is 2.73. The Morgan fingerprint density at radius 1 is 1.14 bits per heavy atom. The predicted octanol–water partition coefficient (Wildman–Crippen LogP) is 2.33. The van der Waals surface area contributed by atoms with Crippen molar-refractivity contribution in [3.63, 3.8) is 0 Å². The second-order valence-corrected chi connectivity index (χ2v) is 5.00. The molecule has 0 aliphatic carbocycles. The van der Waals surface area contributed by atoms with E-state index in [9.17, 15) is 9.59 Å². The molecule has 2 heterocycles. The van der Waals surface area contributed by atoms with E-state index in [4.69, 9.17) is 14.3 Å². The maximum atomic E-state index is 12.5. The van der Waals surface area contributed by atoms with Crippen molar-refractivity contribution in [2.45, 2.75) is 12.5 Å². The van der Waals surface area contributed by atoms with Crippen LogP contribution in [0.15, 0.2) is 45.6 Å². The molecule has 1 aliphatic rings. The highest BCUT2D eigenvalue weighted by atomic mass is 16.5. The Morgan fingerprint density at radius 3 is 2.76 bits per heavy atom. The summed E-state index contributed by atoms with van der Waals surface area (Å²) in [5, 5.41) is 10.0. The molecular formula is C16H10O5. The zero-order chi connectivity index (χ0) is 14.6. The molecule has 0 saturated carbocycles. The maximum Gasteiger partial charge on any atom is 0.345 e. The predicted molar refractivity (Wildman–Crippen MR) is 75.7 cm³/mol. The summed E-state index contributed by atoms with van der Waals surface area (Å²) < 4.78 is 11.2. The van der Waals surface area contributed by atoms with Crippen LogP contribution in [0.2, 0.25) is 0 Å². The fraction of sp³-hybridized carbons (Fsp3) is 0.125. The highest BCUT2D eigenvalue weighted by molar-refractivity contribution is 5.93. The largest absolute Gasteiger partial charge is 0.478 e. The second kappa shape index (κ2) is 4.09. The molecule has 0 spiro atoms. The van der Waals surface area contributed by atoms with Crippen molar-refractivity contribution >= 4 is 27.9 Å². The second-order valence-electron chi connectivity index (χ2n) is 5.00. The number of ether oxygens (including phenoxy) is 1. The molecule has 5 heteroatoms. The SMILES string of the molecule is O=C(O)C1Cc2c(ccc3c(=O)c4ccccc4oc23)O1. The molecule has 5 nitrogen and oxygen atoms in total. The molecule has 0 radical (unpaired) electrons. The molecule has 0 saturated heterocycles. The summed E-state index contributed by atoms with van der Waals surface area (Å²) in [6.45, 7) is 0. The molecular weight excluding hydrogens is 272 g/mol. The van der Waals surface area contributed by atoms with Gasteiger partial charge in [0.25, 0.3) is 0 Å². The number of fused-ring (bicyclic) bond motifs is 4. The summed E-state index contributed by atoms with van der Waals surface area (Å²) in [6, 6.07) is 10.3. The van der Waals surface area contributed by atoms with Crippen LogP contribution in [0.5, 0.6) is 5.75 Å². The Hall–Kier alpha value is -2.82. The van der Waals surface area contributed by atoms with E-state index in [1.165, 1.54) is 0 Å². The molecule has 1 aliphatic heterocycles.